The Bertz CT molecular complexity index is 332. The van der Waals surface area contributed by atoms with Gasteiger partial charge in [0.2, 0.25) is 0 Å². The molecular weight excluding hydrogens is 232 g/mol. The third-order valence-corrected chi connectivity index (χ3v) is 4.06. The van der Waals surface area contributed by atoms with Crippen LogP contribution in [0, 0.1) is 11.8 Å². The van der Waals surface area contributed by atoms with Crippen LogP contribution < -0.4 is 5.32 Å². The van der Waals surface area contributed by atoms with Gasteiger partial charge in [0, 0.05) is 25.6 Å². The van der Waals surface area contributed by atoms with Crippen LogP contribution in [-0.4, -0.2) is 41.1 Å². The van der Waals surface area contributed by atoms with Gasteiger partial charge in [-0.3, -0.25) is 4.79 Å². The molecule has 2 fully saturated rings. The first-order valence-corrected chi connectivity index (χ1v) is 6.82. The summed E-state index contributed by atoms with van der Waals surface area (Å²) in [5, 5.41) is 11.8. The van der Waals surface area contributed by atoms with E-state index in [0.717, 1.165) is 19.3 Å². The third-order valence-electron chi connectivity index (χ3n) is 4.06. The number of nitrogens with one attached hydrogen (secondary N) is 1. The molecule has 0 bridgehead atoms. The first-order chi connectivity index (χ1) is 8.54. The molecule has 0 aromatic rings. The fraction of sp³-hybridized carbons (Fsp3) is 0.846. The molecule has 1 saturated carbocycles. The van der Waals surface area contributed by atoms with E-state index in [1.54, 1.807) is 4.90 Å². The maximum absolute atomic E-state index is 12.0. The lowest BCUT2D eigenvalue weighted by atomic mass is 10.1. The predicted octanol–water partition coefficient (Wildman–Crippen LogP) is 1.68. The van der Waals surface area contributed by atoms with E-state index in [0.29, 0.717) is 25.0 Å². The monoisotopic (exact) mass is 254 g/mol. The molecule has 1 heterocycles. The largest absolute Gasteiger partial charge is 0.481 e. The summed E-state index contributed by atoms with van der Waals surface area (Å²) in [5.41, 5.74) is 0. The van der Waals surface area contributed by atoms with Crippen molar-refractivity contribution in [3.63, 3.8) is 0 Å². The molecule has 0 aromatic carbocycles. The van der Waals surface area contributed by atoms with Gasteiger partial charge in [0.1, 0.15) is 0 Å². The smallest absolute Gasteiger partial charge is 0.317 e. The van der Waals surface area contributed by atoms with E-state index in [4.69, 9.17) is 5.11 Å². The summed E-state index contributed by atoms with van der Waals surface area (Å²) >= 11 is 0. The highest BCUT2D eigenvalue weighted by Gasteiger charge is 2.30. The maximum Gasteiger partial charge on any atom is 0.317 e. The van der Waals surface area contributed by atoms with Crippen molar-refractivity contribution in [1.29, 1.82) is 0 Å². The molecule has 0 spiro atoms. The fourth-order valence-corrected chi connectivity index (χ4v) is 3.03. The second kappa shape index (κ2) is 5.59. The molecule has 2 N–H and O–H groups in total. The lowest BCUT2D eigenvalue weighted by Gasteiger charge is -2.20. The Morgan fingerprint density at radius 1 is 1.33 bits per heavy atom. The van der Waals surface area contributed by atoms with Crippen LogP contribution in [-0.2, 0) is 4.79 Å². The lowest BCUT2D eigenvalue weighted by Crippen LogP contribution is -2.43. The van der Waals surface area contributed by atoms with E-state index in [1.165, 1.54) is 6.42 Å². The number of rotatable bonds is 3. The molecule has 1 aliphatic heterocycles. The van der Waals surface area contributed by atoms with Crippen LogP contribution in [0.5, 0.6) is 0 Å². The number of urea groups is 1. The van der Waals surface area contributed by atoms with E-state index >= 15 is 0 Å². The SMILES string of the molecule is CC1CCC(NC(=O)N2CCC(CC(=O)O)C2)C1. The molecule has 0 aromatic heterocycles. The lowest BCUT2D eigenvalue weighted by molar-refractivity contribution is -0.138. The second-order valence-electron chi connectivity index (χ2n) is 5.76. The average Bonchev–Trinajstić information content (AvgIpc) is 2.87. The zero-order valence-electron chi connectivity index (χ0n) is 10.9. The molecule has 5 nitrogen and oxygen atoms in total. The number of hydrogen-bond acceptors (Lipinski definition) is 2. The van der Waals surface area contributed by atoms with Gasteiger partial charge in [0.25, 0.3) is 0 Å². The summed E-state index contributed by atoms with van der Waals surface area (Å²) in [6.07, 6.45) is 4.30. The molecule has 2 amide bonds. The summed E-state index contributed by atoms with van der Waals surface area (Å²) in [5.74, 6) is 0.0521. The number of nitrogens with zero attached hydrogens (tertiary/aromatic N) is 1. The highest BCUT2D eigenvalue weighted by atomic mass is 16.4. The van der Waals surface area contributed by atoms with Gasteiger partial charge in [0.05, 0.1) is 0 Å². The molecule has 18 heavy (non-hydrogen) atoms. The predicted molar refractivity (Wildman–Crippen MR) is 67.3 cm³/mol. The van der Waals surface area contributed by atoms with Gasteiger partial charge in [-0.25, -0.2) is 4.79 Å². The topological polar surface area (TPSA) is 69.6 Å². The molecule has 0 radical (unpaired) electrons. The van der Waals surface area contributed by atoms with Gasteiger partial charge in [-0.2, -0.15) is 0 Å². The van der Waals surface area contributed by atoms with Gasteiger partial charge in [0.15, 0.2) is 0 Å². The molecule has 1 aliphatic carbocycles. The molecule has 3 atom stereocenters. The Labute approximate surface area is 108 Å². The van der Waals surface area contributed by atoms with Crippen LogP contribution in [0.25, 0.3) is 0 Å². The van der Waals surface area contributed by atoms with Crippen LogP contribution in [0.2, 0.25) is 0 Å². The highest BCUT2D eigenvalue weighted by Crippen LogP contribution is 2.25. The Morgan fingerprint density at radius 2 is 2.11 bits per heavy atom. The van der Waals surface area contributed by atoms with Gasteiger partial charge in [-0.05, 0) is 37.5 Å². The minimum Gasteiger partial charge on any atom is -0.481 e. The van der Waals surface area contributed by atoms with E-state index in [1.807, 2.05) is 0 Å². The summed E-state index contributed by atoms with van der Waals surface area (Å²) in [6.45, 7) is 3.48. The zero-order chi connectivity index (χ0) is 13.1. The third kappa shape index (κ3) is 3.37. The van der Waals surface area contributed by atoms with Crippen molar-refractivity contribution in [2.24, 2.45) is 11.8 Å². The van der Waals surface area contributed by atoms with Crippen molar-refractivity contribution in [2.45, 2.75) is 45.1 Å². The summed E-state index contributed by atoms with van der Waals surface area (Å²) in [7, 11) is 0. The minimum atomic E-state index is -0.771. The molecule has 5 heteroatoms. The van der Waals surface area contributed by atoms with Crippen LogP contribution >= 0.6 is 0 Å². The van der Waals surface area contributed by atoms with Crippen LogP contribution in [0.3, 0.4) is 0 Å². The van der Waals surface area contributed by atoms with Crippen LogP contribution in [0.1, 0.15) is 39.0 Å². The van der Waals surface area contributed by atoms with Gasteiger partial charge in [-0.15, -0.1) is 0 Å². The van der Waals surface area contributed by atoms with Crippen molar-refractivity contribution < 1.29 is 14.7 Å². The molecule has 2 rings (SSSR count). The Morgan fingerprint density at radius 3 is 2.72 bits per heavy atom. The Kier molecular flexibility index (Phi) is 4.09. The molecular formula is C13H22N2O3. The van der Waals surface area contributed by atoms with Crippen molar-refractivity contribution in [3.05, 3.63) is 0 Å². The molecule has 2 aliphatic rings. The van der Waals surface area contributed by atoms with E-state index in [9.17, 15) is 9.59 Å². The van der Waals surface area contributed by atoms with E-state index in [2.05, 4.69) is 12.2 Å². The van der Waals surface area contributed by atoms with Gasteiger partial charge in [-0.1, -0.05) is 6.92 Å². The second-order valence-corrected chi connectivity index (χ2v) is 5.76. The first-order valence-electron chi connectivity index (χ1n) is 6.82. The van der Waals surface area contributed by atoms with Crippen molar-refractivity contribution in [1.82, 2.24) is 10.2 Å². The van der Waals surface area contributed by atoms with E-state index < -0.39 is 5.97 Å². The van der Waals surface area contributed by atoms with Crippen LogP contribution in [0.4, 0.5) is 4.79 Å². The van der Waals surface area contributed by atoms with Gasteiger partial charge >= 0.3 is 12.0 Å². The Hall–Kier alpha value is -1.26. The fourth-order valence-electron chi connectivity index (χ4n) is 3.03. The van der Waals surface area contributed by atoms with Crippen LogP contribution in [0.15, 0.2) is 0 Å². The quantitative estimate of drug-likeness (QED) is 0.805. The number of aliphatic carboxylic acids is 1. The van der Waals surface area contributed by atoms with Crippen molar-refractivity contribution in [3.8, 4) is 0 Å². The standard InChI is InChI=1S/C13H22N2O3/c1-9-2-3-11(6-9)14-13(18)15-5-4-10(8-15)7-12(16)17/h9-11H,2-8H2,1H3,(H,14,18)(H,16,17). The normalized spacial score (nSPS) is 31.6. The molecule has 1 saturated heterocycles. The first kappa shape index (κ1) is 13.2. The molecule has 102 valence electrons. The maximum atomic E-state index is 12.0. The zero-order valence-corrected chi connectivity index (χ0v) is 10.9. The van der Waals surface area contributed by atoms with Crippen molar-refractivity contribution >= 4 is 12.0 Å². The number of carboxylic acids is 1. The number of carbonyl (C=O) groups excluding carboxylic acids is 1. The summed E-state index contributed by atoms with van der Waals surface area (Å²) in [6, 6.07) is 0.299. The number of hydrogen-bond donors (Lipinski definition) is 2. The molecule has 3 unspecified atom stereocenters. The number of likely N-dealkylation sites (tertiary alicyclic amines) is 1. The Balaban J connectivity index is 1.75. The highest BCUT2D eigenvalue weighted by molar-refractivity contribution is 5.75. The summed E-state index contributed by atoms with van der Waals surface area (Å²) < 4.78 is 0. The number of carboxylic acid groups (broad SMARTS) is 1. The van der Waals surface area contributed by atoms with Gasteiger partial charge < -0.3 is 15.3 Å². The summed E-state index contributed by atoms with van der Waals surface area (Å²) in [4.78, 5) is 24.4. The van der Waals surface area contributed by atoms with Crippen molar-refractivity contribution in [2.75, 3.05) is 13.1 Å². The average molecular weight is 254 g/mol. The number of amides is 2. The van der Waals surface area contributed by atoms with E-state index in [-0.39, 0.29) is 18.4 Å². The minimum absolute atomic E-state index is 0.0120. The number of carbonyl (C=O) groups is 2.